The summed E-state index contributed by atoms with van der Waals surface area (Å²) in [7, 11) is 1.24. The van der Waals surface area contributed by atoms with Crippen molar-refractivity contribution in [3.63, 3.8) is 0 Å². The van der Waals surface area contributed by atoms with E-state index in [9.17, 15) is 19.2 Å². The smallest absolute Gasteiger partial charge is 0.408 e. The van der Waals surface area contributed by atoms with Gasteiger partial charge in [-0.1, -0.05) is 61.9 Å². The minimum absolute atomic E-state index is 0.199. The number of esters is 1. The minimum Gasteiger partial charge on any atom is -0.468 e. The van der Waals surface area contributed by atoms with Crippen LogP contribution in [0.2, 0.25) is 0 Å². The zero-order chi connectivity index (χ0) is 29.9. The van der Waals surface area contributed by atoms with Gasteiger partial charge in [0.25, 0.3) is 0 Å². The van der Waals surface area contributed by atoms with Crippen LogP contribution in [-0.2, 0) is 30.3 Å². The average molecular weight is 554 g/mol. The molecule has 2 unspecified atom stereocenters. The van der Waals surface area contributed by atoms with Crippen molar-refractivity contribution in [1.82, 2.24) is 15.5 Å². The highest BCUT2D eigenvalue weighted by Crippen LogP contribution is 2.28. The van der Waals surface area contributed by atoms with Crippen LogP contribution in [-0.4, -0.2) is 60.6 Å². The molecule has 0 aromatic heterocycles. The first-order chi connectivity index (χ1) is 18.9. The number of aryl methyl sites for hydroxylation is 1. The van der Waals surface area contributed by atoms with E-state index >= 15 is 0 Å². The molecule has 0 aliphatic rings. The molecule has 0 saturated heterocycles. The van der Waals surface area contributed by atoms with Crippen LogP contribution in [0.25, 0.3) is 0 Å². The fourth-order valence-corrected chi connectivity index (χ4v) is 4.24. The van der Waals surface area contributed by atoms with Crippen LogP contribution in [0.4, 0.5) is 4.79 Å². The van der Waals surface area contributed by atoms with Gasteiger partial charge in [0.2, 0.25) is 11.8 Å². The van der Waals surface area contributed by atoms with Gasteiger partial charge in [-0.2, -0.15) is 0 Å². The van der Waals surface area contributed by atoms with Crippen LogP contribution in [0.3, 0.4) is 0 Å². The number of ether oxygens (including phenoxy) is 2. The number of carbonyl (C=O) groups is 4. The van der Waals surface area contributed by atoms with Crippen molar-refractivity contribution in [2.24, 2.45) is 0 Å². The molecule has 2 aromatic rings. The Labute approximate surface area is 237 Å². The van der Waals surface area contributed by atoms with Gasteiger partial charge in [-0.25, -0.2) is 4.79 Å². The van der Waals surface area contributed by atoms with Gasteiger partial charge in [-0.15, -0.1) is 0 Å². The first-order valence-corrected chi connectivity index (χ1v) is 13.6. The Morgan fingerprint density at radius 3 is 2.25 bits per heavy atom. The molecule has 218 valence electrons. The summed E-state index contributed by atoms with van der Waals surface area (Å²) < 4.78 is 10.2. The zero-order valence-corrected chi connectivity index (χ0v) is 24.7. The molecule has 2 aromatic carbocycles. The van der Waals surface area contributed by atoms with Crippen molar-refractivity contribution in [2.75, 3.05) is 20.2 Å². The van der Waals surface area contributed by atoms with Crippen molar-refractivity contribution in [2.45, 2.75) is 78.5 Å². The van der Waals surface area contributed by atoms with Gasteiger partial charge in [-0.3, -0.25) is 14.4 Å². The van der Waals surface area contributed by atoms with E-state index in [2.05, 4.69) is 10.6 Å². The van der Waals surface area contributed by atoms with Crippen molar-refractivity contribution in [3.05, 3.63) is 70.8 Å². The van der Waals surface area contributed by atoms with E-state index in [0.29, 0.717) is 12.0 Å². The second-order valence-electron chi connectivity index (χ2n) is 10.8. The maximum absolute atomic E-state index is 14.3. The molecular weight excluding hydrogens is 510 g/mol. The van der Waals surface area contributed by atoms with Crippen LogP contribution in [0.5, 0.6) is 0 Å². The average Bonchev–Trinajstić information content (AvgIpc) is 2.90. The van der Waals surface area contributed by atoms with Gasteiger partial charge < -0.3 is 25.0 Å². The van der Waals surface area contributed by atoms with E-state index in [1.807, 2.05) is 69.3 Å². The number of unbranched alkanes of at least 4 members (excludes halogenated alkanes) is 1. The second kappa shape index (κ2) is 15.1. The Hall–Kier alpha value is -3.88. The fourth-order valence-electron chi connectivity index (χ4n) is 4.24. The van der Waals surface area contributed by atoms with Gasteiger partial charge in [0, 0.05) is 13.0 Å². The third kappa shape index (κ3) is 9.70. The van der Waals surface area contributed by atoms with Crippen molar-refractivity contribution >= 4 is 23.9 Å². The van der Waals surface area contributed by atoms with E-state index in [-0.39, 0.29) is 19.5 Å². The SMILES string of the molecule is CCCCN(C(=O)C(Cc1ccccc1)NC(=O)OC(C)(C)C)C(C(=O)NCC(=O)OC)c1cccc(C)c1C. The second-order valence-corrected chi connectivity index (χ2v) is 10.8. The van der Waals surface area contributed by atoms with Gasteiger partial charge >= 0.3 is 12.1 Å². The highest BCUT2D eigenvalue weighted by molar-refractivity contribution is 5.93. The number of rotatable bonds is 12. The number of methoxy groups -OCH3 is 1. The molecule has 0 radical (unpaired) electrons. The molecule has 9 heteroatoms. The van der Waals surface area contributed by atoms with Crippen molar-refractivity contribution in [3.8, 4) is 0 Å². The van der Waals surface area contributed by atoms with Crippen LogP contribution in [0, 0.1) is 13.8 Å². The van der Waals surface area contributed by atoms with Crippen LogP contribution in [0.1, 0.15) is 68.8 Å². The third-order valence-corrected chi connectivity index (χ3v) is 6.44. The summed E-state index contributed by atoms with van der Waals surface area (Å²) in [5.41, 5.74) is 2.53. The van der Waals surface area contributed by atoms with E-state index in [4.69, 9.17) is 9.47 Å². The summed E-state index contributed by atoms with van der Waals surface area (Å²) in [4.78, 5) is 54.2. The molecule has 2 N–H and O–H groups in total. The summed E-state index contributed by atoms with van der Waals surface area (Å²) in [6.45, 7) is 11.0. The fraction of sp³-hybridized carbons (Fsp3) is 0.484. The number of alkyl carbamates (subject to hydrolysis) is 1. The maximum atomic E-state index is 14.3. The topological polar surface area (TPSA) is 114 Å². The molecule has 0 spiro atoms. The molecule has 0 saturated carbocycles. The molecule has 0 fully saturated rings. The summed E-state index contributed by atoms with van der Waals surface area (Å²) >= 11 is 0. The number of nitrogens with one attached hydrogen (secondary N) is 2. The highest BCUT2D eigenvalue weighted by Gasteiger charge is 2.37. The highest BCUT2D eigenvalue weighted by atomic mass is 16.6. The normalized spacial score (nSPS) is 12.6. The van der Waals surface area contributed by atoms with Crippen LogP contribution >= 0.6 is 0 Å². The third-order valence-electron chi connectivity index (χ3n) is 6.44. The van der Waals surface area contributed by atoms with Gasteiger partial charge in [0.05, 0.1) is 7.11 Å². The van der Waals surface area contributed by atoms with E-state index < -0.39 is 41.6 Å². The molecule has 0 bridgehead atoms. The lowest BCUT2D eigenvalue weighted by Crippen LogP contribution is -2.54. The molecule has 40 heavy (non-hydrogen) atoms. The summed E-state index contributed by atoms with van der Waals surface area (Å²) in [6, 6.07) is 12.9. The number of hydrogen-bond donors (Lipinski definition) is 2. The Balaban J connectivity index is 2.58. The zero-order valence-electron chi connectivity index (χ0n) is 24.7. The monoisotopic (exact) mass is 553 g/mol. The first kappa shape index (κ1) is 32.3. The van der Waals surface area contributed by atoms with Gasteiger partial charge in [0.1, 0.15) is 24.2 Å². The molecule has 9 nitrogen and oxygen atoms in total. The Morgan fingerprint density at radius 2 is 1.65 bits per heavy atom. The maximum Gasteiger partial charge on any atom is 0.408 e. The number of nitrogens with zero attached hydrogens (tertiary/aromatic N) is 1. The Kier molecular flexibility index (Phi) is 12.2. The summed E-state index contributed by atoms with van der Waals surface area (Å²) in [5.74, 6) is -1.55. The summed E-state index contributed by atoms with van der Waals surface area (Å²) in [5, 5.41) is 5.38. The predicted molar refractivity (Wildman–Crippen MR) is 154 cm³/mol. The lowest BCUT2D eigenvalue weighted by molar-refractivity contribution is -0.144. The van der Waals surface area contributed by atoms with Crippen LogP contribution in [0.15, 0.2) is 48.5 Å². The molecule has 0 heterocycles. The largest absolute Gasteiger partial charge is 0.468 e. The van der Waals surface area contributed by atoms with Crippen molar-refractivity contribution in [1.29, 1.82) is 0 Å². The lowest BCUT2D eigenvalue weighted by Gasteiger charge is -2.35. The number of hydrogen-bond acceptors (Lipinski definition) is 6. The first-order valence-electron chi connectivity index (χ1n) is 13.6. The molecule has 2 atom stereocenters. The molecule has 0 aliphatic heterocycles. The number of carbonyl (C=O) groups excluding carboxylic acids is 4. The quantitative estimate of drug-likeness (QED) is 0.377. The number of amides is 3. The molecule has 0 aliphatic carbocycles. The predicted octanol–water partition coefficient (Wildman–Crippen LogP) is 4.40. The van der Waals surface area contributed by atoms with Gasteiger partial charge in [-0.05, 0) is 63.3 Å². The van der Waals surface area contributed by atoms with E-state index in [1.165, 1.54) is 12.0 Å². The lowest BCUT2D eigenvalue weighted by atomic mass is 9.94. The Morgan fingerprint density at radius 1 is 0.975 bits per heavy atom. The summed E-state index contributed by atoms with van der Waals surface area (Å²) in [6.07, 6.45) is 0.874. The molecule has 2 rings (SSSR count). The standard InChI is InChI=1S/C31H43N3O6/c1-8-9-18-34(27(28(36)32-20-26(35)39-7)24-17-13-14-21(2)22(24)3)29(37)25(19-23-15-11-10-12-16-23)33-30(38)40-31(4,5)6/h10-17,25,27H,8-9,18-20H2,1-7H3,(H,32,36)(H,33,38). The minimum atomic E-state index is -1.04. The number of benzene rings is 2. The van der Waals surface area contributed by atoms with E-state index in [1.54, 1.807) is 20.8 Å². The Bertz CT molecular complexity index is 1160. The van der Waals surface area contributed by atoms with E-state index in [0.717, 1.165) is 23.1 Å². The van der Waals surface area contributed by atoms with Crippen molar-refractivity contribution < 1.29 is 28.7 Å². The van der Waals surface area contributed by atoms with Crippen LogP contribution < -0.4 is 10.6 Å². The molecule has 3 amide bonds. The molecular formula is C31H43N3O6. The van der Waals surface area contributed by atoms with Gasteiger partial charge in [0.15, 0.2) is 0 Å².